The van der Waals surface area contributed by atoms with E-state index in [1.54, 1.807) is 24.3 Å². The smallest absolute Gasteiger partial charge is 0.264 e. The van der Waals surface area contributed by atoms with Crippen molar-refractivity contribution in [1.82, 2.24) is 24.3 Å². The minimum absolute atomic E-state index is 0.316. The van der Waals surface area contributed by atoms with Gasteiger partial charge in [0, 0.05) is 72.8 Å². The number of anilines is 3. The zero-order valence-corrected chi connectivity index (χ0v) is 24.8. The Morgan fingerprint density at radius 1 is 0.860 bits per heavy atom. The van der Waals surface area contributed by atoms with Gasteiger partial charge in [-0.25, -0.2) is 22.8 Å². The number of fused-ring (bicyclic) bond motifs is 1. The normalized spacial score (nSPS) is 14.7. The summed E-state index contributed by atoms with van der Waals surface area (Å²) < 4.78 is 43.9. The summed E-state index contributed by atoms with van der Waals surface area (Å²) in [7, 11) is -1.86. The molecule has 43 heavy (non-hydrogen) atoms. The summed E-state index contributed by atoms with van der Waals surface area (Å²) in [4.78, 5) is 13.4. The van der Waals surface area contributed by atoms with Gasteiger partial charge in [-0.05, 0) is 74.6 Å². The van der Waals surface area contributed by atoms with Gasteiger partial charge in [-0.2, -0.15) is 0 Å². The van der Waals surface area contributed by atoms with Gasteiger partial charge in [0.1, 0.15) is 22.9 Å². The molecule has 0 unspecified atom stereocenters. The minimum atomic E-state index is -4.05. The summed E-state index contributed by atoms with van der Waals surface area (Å²) in [6.45, 7) is 6.68. The fraction of sp³-hybridized carbons (Fsp3) is 0.250. The lowest BCUT2D eigenvalue weighted by Gasteiger charge is -2.32. The number of nitrogens with zero attached hydrogens (tertiary/aromatic N) is 5. The molecule has 1 saturated heterocycles. The highest BCUT2D eigenvalue weighted by Crippen LogP contribution is 2.27. The average Bonchev–Trinajstić information content (AvgIpc) is 3.41. The van der Waals surface area contributed by atoms with Crippen molar-refractivity contribution in [3.63, 3.8) is 0 Å². The maximum atomic E-state index is 14.0. The highest BCUT2D eigenvalue weighted by atomic mass is 32.2. The molecule has 5 aromatic rings. The molecular weight excluding hydrogens is 565 g/mol. The number of aryl methyl sites for hydroxylation is 1. The van der Waals surface area contributed by atoms with Gasteiger partial charge in [0.2, 0.25) is 0 Å². The minimum Gasteiger partial charge on any atom is -0.347 e. The van der Waals surface area contributed by atoms with Crippen molar-refractivity contribution in [2.75, 3.05) is 49.8 Å². The van der Waals surface area contributed by atoms with E-state index in [1.807, 2.05) is 6.07 Å². The SMILES string of the molecule is CN1CCN(CCCn2ccc3cc(-c4cc(Nc5ccc(NS(=O)(=O)c6ccccc6F)cc5)ncn4)ccc32)CC1. The number of hydrogen-bond acceptors (Lipinski definition) is 7. The predicted molar refractivity (Wildman–Crippen MR) is 168 cm³/mol. The second kappa shape index (κ2) is 12.5. The molecule has 9 nitrogen and oxygen atoms in total. The van der Waals surface area contributed by atoms with Crippen LogP contribution in [0.1, 0.15) is 6.42 Å². The van der Waals surface area contributed by atoms with E-state index in [1.165, 1.54) is 35.4 Å². The number of piperazine rings is 1. The zero-order valence-electron chi connectivity index (χ0n) is 23.9. The van der Waals surface area contributed by atoms with Crippen molar-refractivity contribution in [2.24, 2.45) is 0 Å². The van der Waals surface area contributed by atoms with Gasteiger partial charge in [-0.1, -0.05) is 18.2 Å². The molecule has 1 aliphatic rings. The average molecular weight is 600 g/mol. The molecule has 0 atom stereocenters. The van der Waals surface area contributed by atoms with Crippen LogP contribution in [0.2, 0.25) is 0 Å². The largest absolute Gasteiger partial charge is 0.347 e. The van der Waals surface area contributed by atoms with E-state index in [9.17, 15) is 12.8 Å². The molecule has 11 heteroatoms. The van der Waals surface area contributed by atoms with E-state index < -0.39 is 20.7 Å². The quantitative estimate of drug-likeness (QED) is 0.221. The van der Waals surface area contributed by atoms with E-state index in [0.717, 1.165) is 63.0 Å². The molecule has 0 radical (unpaired) electrons. The van der Waals surface area contributed by atoms with Crippen molar-refractivity contribution in [2.45, 2.75) is 17.9 Å². The lowest BCUT2D eigenvalue weighted by molar-refractivity contribution is 0.151. The van der Waals surface area contributed by atoms with Crippen LogP contribution in [-0.2, 0) is 16.6 Å². The van der Waals surface area contributed by atoms with Crippen LogP contribution >= 0.6 is 0 Å². The number of sulfonamides is 1. The number of benzene rings is 3. The molecule has 0 bridgehead atoms. The summed E-state index contributed by atoms with van der Waals surface area (Å²) in [6, 6.07) is 22.3. The Bertz CT molecular complexity index is 1820. The first-order valence-corrected chi connectivity index (χ1v) is 15.8. The third kappa shape index (κ3) is 6.85. The maximum Gasteiger partial charge on any atom is 0.264 e. The summed E-state index contributed by atoms with van der Waals surface area (Å²) in [5.74, 6) is -0.201. The third-order valence-corrected chi connectivity index (χ3v) is 9.15. The lowest BCUT2D eigenvalue weighted by atomic mass is 10.1. The van der Waals surface area contributed by atoms with Gasteiger partial charge in [-0.15, -0.1) is 0 Å². The highest BCUT2D eigenvalue weighted by molar-refractivity contribution is 7.92. The molecule has 222 valence electrons. The lowest BCUT2D eigenvalue weighted by Crippen LogP contribution is -2.44. The second-order valence-electron chi connectivity index (χ2n) is 10.8. The maximum absolute atomic E-state index is 14.0. The summed E-state index contributed by atoms with van der Waals surface area (Å²) in [5, 5.41) is 4.41. The number of rotatable bonds is 10. The van der Waals surface area contributed by atoms with Crippen LogP contribution in [0.4, 0.5) is 21.6 Å². The van der Waals surface area contributed by atoms with Crippen LogP contribution in [-0.4, -0.2) is 72.5 Å². The van der Waals surface area contributed by atoms with Crippen molar-refractivity contribution in [3.8, 4) is 11.3 Å². The van der Waals surface area contributed by atoms with Crippen molar-refractivity contribution in [1.29, 1.82) is 0 Å². The van der Waals surface area contributed by atoms with E-state index in [-0.39, 0.29) is 0 Å². The van der Waals surface area contributed by atoms with Crippen LogP contribution in [0.15, 0.2) is 96.3 Å². The van der Waals surface area contributed by atoms with E-state index in [0.29, 0.717) is 17.2 Å². The molecule has 2 aromatic heterocycles. The Balaban J connectivity index is 1.09. The Labute approximate surface area is 251 Å². The first-order chi connectivity index (χ1) is 20.8. The van der Waals surface area contributed by atoms with Gasteiger partial charge >= 0.3 is 0 Å². The molecule has 2 N–H and O–H groups in total. The summed E-state index contributed by atoms with van der Waals surface area (Å²) in [6.07, 6.45) is 4.79. The topological polar surface area (TPSA) is 95.4 Å². The van der Waals surface area contributed by atoms with Crippen LogP contribution in [0, 0.1) is 5.82 Å². The zero-order chi connectivity index (χ0) is 29.8. The van der Waals surface area contributed by atoms with Gasteiger partial charge in [-0.3, -0.25) is 4.72 Å². The van der Waals surface area contributed by atoms with E-state index >= 15 is 0 Å². The van der Waals surface area contributed by atoms with Crippen LogP contribution in [0.3, 0.4) is 0 Å². The van der Waals surface area contributed by atoms with Crippen molar-refractivity contribution in [3.05, 3.63) is 97.2 Å². The molecule has 1 fully saturated rings. The van der Waals surface area contributed by atoms with Crippen LogP contribution in [0.5, 0.6) is 0 Å². The molecule has 0 saturated carbocycles. The standard InChI is InChI=1S/C32H34FN7O2S/c1-38-17-19-39(20-18-38)14-4-15-40-16-13-25-21-24(7-12-30(25)40)29-22-32(35-23-34-29)36-26-8-10-27(11-9-26)37-43(41,42)31-6-3-2-5-28(31)33/h2-3,5-13,16,21-23,37H,4,14-15,17-20H2,1H3,(H,34,35,36). The monoisotopic (exact) mass is 599 g/mol. The molecule has 3 heterocycles. The Morgan fingerprint density at radius 2 is 1.63 bits per heavy atom. The fourth-order valence-electron chi connectivity index (χ4n) is 5.32. The van der Waals surface area contributed by atoms with E-state index in [2.05, 4.69) is 71.9 Å². The van der Waals surface area contributed by atoms with E-state index in [4.69, 9.17) is 0 Å². The number of likely N-dealkylation sites (N-methyl/N-ethyl adjacent to an activating group) is 1. The van der Waals surface area contributed by atoms with Crippen LogP contribution < -0.4 is 10.0 Å². The predicted octanol–water partition coefficient (Wildman–Crippen LogP) is 5.42. The van der Waals surface area contributed by atoms with Gasteiger partial charge < -0.3 is 19.7 Å². The Morgan fingerprint density at radius 3 is 2.42 bits per heavy atom. The van der Waals surface area contributed by atoms with Crippen molar-refractivity contribution < 1.29 is 12.8 Å². The van der Waals surface area contributed by atoms with Crippen molar-refractivity contribution >= 4 is 38.1 Å². The number of halogens is 1. The number of hydrogen-bond donors (Lipinski definition) is 2. The third-order valence-electron chi connectivity index (χ3n) is 7.74. The first kappa shape index (κ1) is 28.8. The molecule has 3 aromatic carbocycles. The second-order valence-corrected chi connectivity index (χ2v) is 12.5. The van der Waals surface area contributed by atoms with Gasteiger partial charge in [0.15, 0.2) is 0 Å². The Kier molecular flexibility index (Phi) is 8.37. The molecule has 0 amide bonds. The molecule has 6 rings (SSSR count). The number of aromatic nitrogens is 3. The highest BCUT2D eigenvalue weighted by Gasteiger charge is 2.18. The van der Waals surface area contributed by atoms with Gasteiger partial charge in [0.25, 0.3) is 10.0 Å². The molecule has 0 spiro atoms. The fourth-order valence-corrected chi connectivity index (χ4v) is 6.46. The van der Waals surface area contributed by atoms with Gasteiger partial charge in [0.05, 0.1) is 5.69 Å². The first-order valence-electron chi connectivity index (χ1n) is 14.3. The summed E-state index contributed by atoms with van der Waals surface area (Å²) >= 11 is 0. The number of nitrogens with one attached hydrogen (secondary N) is 2. The molecule has 1 aliphatic heterocycles. The summed E-state index contributed by atoms with van der Waals surface area (Å²) in [5.41, 5.74) is 4.02. The van der Waals surface area contributed by atoms with Crippen LogP contribution in [0.25, 0.3) is 22.2 Å². The Hall–Kier alpha value is -4.32. The molecular formula is C32H34FN7O2S. The molecule has 0 aliphatic carbocycles.